The van der Waals surface area contributed by atoms with E-state index in [1.165, 1.54) is 16.8 Å². The molecule has 1 aliphatic rings. The van der Waals surface area contributed by atoms with Gasteiger partial charge in [0.1, 0.15) is 5.76 Å². The minimum Gasteiger partial charge on any atom is -0.465 e. The molecule has 1 aliphatic heterocycles. The van der Waals surface area contributed by atoms with Crippen LogP contribution in [0.4, 0.5) is 5.69 Å². The highest BCUT2D eigenvalue weighted by Crippen LogP contribution is 2.32. The zero-order chi connectivity index (χ0) is 13.9. The van der Waals surface area contributed by atoms with Crippen LogP contribution in [-0.2, 0) is 4.79 Å². The standard InChI is InChI=1S/C14H10N2O2S2/c17-13-12(9-11-7-4-8-18-11)20-14(19)16(13)15-10-5-2-1-3-6-10/h1-9,15H/b12-9+. The number of thioether (sulfide) groups is 1. The summed E-state index contributed by atoms with van der Waals surface area (Å²) in [5, 5.41) is 1.37. The van der Waals surface area contributed by atoms with Gasteiger partial charge in [0.2, 0.25) is 0 Å². The van der Waals surface area contributed by atoms with E-state index in [4.69, 9.17) is 16.6 Å². The molecule has 0 aliphatic carbocycles. The van der Waals surface area contributed by atoms with Crippen LogP contribution in [0.2, 0.25) is 0 Å². The Morgan fingerprint density at radius 2 is 2.00 bits per heavy atom. The van der Waals surface area contributed by atoms with Crippen LogP contribution in [0.1, 0.15) is 5.76 Å². The summed E-state index contributed by atoms with van der Waals surface area (Å²) < 4.78 is 5.68. The lowest BCUT2D eigenvalue weighted by Gasteiger charge is -2.16. The van der Waals surface area contributed by atoms with Crippen LogP contribution in [0.15, 0.2) is 58.1 Å². The zero-order valence-electron chi connectivity index (χ0n) is 10.3. The van der Waals surface area contributed by atoms with Crippen molar-refractivity contribution in [3.63, 3.8) is 0 Å². The van der Waals surface area contributed by atoms with Crippen LogP contribution in [0.25, 0.3) is 6.08 Å². The van der Waals surface area contributed by atoms with E-state index in [-0.39, 0.29) is 5.91 Å². The van der Waals surface area contributed by atoms with E-state index in [1.54, 1.807) is 24.5 Å². The summed E-state index contributed by atoms with van der Waals surface area (Å²) in [5.74, 6) is 0.450. The molecule has 0 saturated carbocycles. The molecule has 6 heteroatoms. The first-order chi connectivity index (χ1) is 9.74. The van der Waals surface area contributed by atoms with Gasteiger partial charge in [0.25, 0.3) is 5.91 Å². The van der Waals surface area contributed by atoms with E-state index in [9.17, 15) is 4.79 Å². The third-order valence-corrected chi connectivity index (χ3v) is 3.93. The number of thiocarbonyl (C=S) groups is 1. The number of furan rings is 1. The molecular weight excluding hydrogens is 292 g/mol. The van der Waals surface area contributed by atoms with Crippen molar-refractivity contribution in [2.24, 2.45) is 0 Å². The van der Waals surface area contributed by atoms with E-state index >= 15 is 0 Å². The van der Waals surface area contributed by atoms with Crippen molar-refractivity contribution in [2.45, 2.75) is 0 Å². The lowest BCUT2D eigenvalue weighted by atomic mass is 10.3. The van der Waals surface area contributed by atoms with Crippen molar-refractivity contribution in [1.82, 2.24) is 5.01 Å². The van der Waals surface area contributed by atoms with Crippen molar-refractivity contribution in [2.75, 3.05) is 5.43 Å². The number of benzene rings is 1. The van der Waals surface area contributed by atoms with Crippen LogP contribution < -0.4 is 5.43 Å². The largest absolute Gasteiger partial charge is 0.465 e. The number of para-hydroxylation sites is 1. The topological polar surface area (TPSA) is 45.5 Å². The first-order valence-electron chi connectivity index (χ1n) is 5.87. The average Bonchev–Trinajstić information content (AvgIpc) is 3.05. The van der Waals surface area contributed by atoms with Crippen molar-refractivity contribution in [1.29, 1.82) is 0 Å². The quantitative estimate of drug-likeness (QED) is 0.694. The van der Waals surface area contributed by atoms with Crippen molar-refractivity contribution in [3.05, 3.63) is 59.4 Å². The molecule has 0 radical (unpaired) electrons. The van der Waals surface area contributed by atoms with Gasteiger partial charge in [0.15, 0.2) is 4.32 Å². The van der Waals surface area contributed by atoms with E-state index < -0.39 is 0 Å². The Labute approximate surface area is 125 Å². The predicted octanol–water partition coefficient (Wildman–Crippen LogP) is 3.51. The maximum Gasteiger partial charge on any atom is 0.285 e. The fourth-order valence-corrected chi connectivity index (χ4v) is 2.87. The highest BCUT2D eigenvalue weighted by Gasteiger charge is 2.32. The molecule has 2 aromatic rings. The number of carbonyl (C=O) groups is 1. The molecule has 2 heterocycles. The molecule has 0 bridgehead atoms. The number of anilines is 1. The van der Waals surface area contributed by atoms with Gasteiger partial charge in [-0.05, 0) is 36.5 Å². The summed E-state index contributed by atoms with van der Waals surface area (Å²) in [6, 6.07) is 13.0. The van der Waals surface area contributed by atoms with Crippen LogP contribution in [0.3, 0.4) is 0 Å². The molecular formula is C14H10N2O2S2. The Bertz CT molecular complexity index is 666. The molecule has 3 rings (SSSR count). The molecule has 1 aromatic carbocycles. The number of hydrogen-bond acceptors (Lipinski definition) is 5. The lowest BCUT2D eigenvalue weighted by Crippen LogP contribution is -2.33. The van der Waals surface area contributed by atoms with E-state index in [0.29, 0.717) is 15.0 Å². The number of carbonyl (C=O) groups excluding carboxylic acids is 1. The first-order valence-corrected chi connectivity index (χ1v) is 7.10. The Balaban J connectivity index is 1.81. The fourth-order valence-electron chi connectivity index (χ4n) is 1.71. The summed E-state index contributed by atoms with van der Waals surface area (Å²) in [6.07, 6.45) is 3.25. The second-order valence-electron chi connectivity index (χ2n) is 4.01. The molecule has 1 N–H and O–H groups in total. The van der Waals surface area contributed by atoms with Gasteiger partial charge in [0, 0.05) is 6.08 Å². The molecule has 1 amide bonds. The van der Waals surface area contributed by atoms with E-state index in [1.807, 2.05) is 30.3 Å². The van der Waals surface area contributed by atoms with Gasteiger partial charge in [-0.15, -0.1) is 0 Å². The number of hydrogen-bond donors (Lipinski definition) is 1. The maximum absolute atomic E-state index is 12.3. The van der Waals surface area contributed by atoms with Gasteiger partial charge in [-0.3, -0.25) is 10.2 Å². The SMILES string of the molecule is O=C1/C(=C\c2ccco2)SC(=S)N1Nc1ccccc1. The van der Waals surface area contributed by atoms with E-state index in [0.717, 1.165) is 5.69 Å². The van der Waals surface area contributed by atoms with Crippen molar-refractivity contribution < 1.29 is 9.21 Å². The number of hydrazine groups is 1. The Hall–Kier alpha value is -2.05. The maximum atomic E-state index is 12.3. The Morgan fingerprint density at radius 1 is 1.20 bits per heavy atom. The molecule has 0 spiro atoms. The zero-order valence-corrected chi connectivity index (χ0v) is 11.9. The van der Waals surface area contributed by atoms with Gasteiger partial charge in [-0.25, -0.2) is 5.01 Å². The normalized spacial score (nSPS) is 17.0. The van der Waals surface area contributed by atoms with Crippen LogP contribution in [0.5, 0.6) is 0 Å². The number of nitrogens with one attached hydrogen (secondary N) is 1. The van der Waals surface area contributed by atoms with Crippen LogP contribution in [0, 0.1) is 0 Å². The third kappa shape index (κ3) is 2.61. The van der Waals surface area contributed by atoms with Crippen molar-refractivity contribution >= 4 is 46.0 Å². The van der Waals surface area contributed by atoms with Gasteiger partial charge in [0.05, 0.1) is 16.9 Å². The minimum absolute atomic E-state index is 0.180. The summed E-state index contributed by atoms with van der Waals surface area (Å²) in [4.78, 5) is 12.8. The molecule has 1 saturated heterocycles. The average molecular weight is 302 g/mol. The number of nitrogens with zero attached hydrogens (tertiary/aromatic N) is 1. The minimum atomic E-state index is -0.180. The second kappa shape index (κ2) is 5.52. The van der Waals surface area contributed by atoms with E-state index in [2.05, 4.69) is 5.43 Å². The fraction of sp³-hybridized carbons (Fsp3) is 0. The summed E-state index contributed by atoms with van der Waals surface area (Å²) >= 11 is 6.47. The van der Waals surface area contributed by atoms with Gasteiger partial charge in [-0.2, -0.15) is 0 Å². The monoisotopic (exact) mass is 302 g/mol. The smallest absolute Gasteiger partial charge is 0.285 e. The number of amides is 1. The van der Waals surface area contributed by atoms with Gasteiger partial charge >= 0.3 is 0 Å². The van der Waals surface area contributed by atoms with Gasteiger partial charge in [-0.1, -0.05) is 30.0 Å². The second-order valence-corrected chi connectivity index (χ2v) is 5.69. The van der Waals surface area contributed by atoms with Crippen LogP contribution in [-0.4, -0.2) is 15.2 Å². The van der Waals surface area contributed by atoms with Gasteiger partial charge < -0.3 is 4.42 Å². The highest BCUT2D eigenvalue weighted by atomic mass is 32.2. The molecule has 20 heavy (non-hydrogen) atoms. The molecule has 1 aromatic heterocycles. The Morgan fingerprint density at radius 3 is 2.70 bits per heavy atom. The highest BCUT2D eigenvalue weighted by molar-refractivity contribution is 8.26. The lowest BCUT2D eigenvalue weighted by molar-refractivity contribution is -0.121. The van der Waals surface area contributed by atoms with Crippen LogP contribution >= 0.6 is 24.0 Å². The summed E-state index contributed by atoms with van der Waals surface area (Å²) in [6.45, 7) is 0. The molecule has 4 nitrogen and oxygen atoms in total. The molecule has 0 unspecified atom stereocenters. The summed E-state index contributed by atoms with van der Waals surface area (Å²) in [5.41, 5.74) is 3.81. The molecule has 0 atom stereocenters. The predicted molar refractivity (Wildman–Crippen MR) is 83.8 cm³/mol. The molecule has 1 fully saturated rings. The third-order valence-electron chi connectivity index (χ3n) is 2.62. The van der Waals surface area contributed by atoms with Crippen molar-refractivity contribution in [3.8, 4) is 0 Å². The first kappa shape index (κ1) is 13.0. The Kier molecular flexibility index (Phi) is 3.58. The summed E-state index contributed by atoms with van der Waals surface area (Å²) in [7, 11) is 0. The molecule has 100 valence electrons. The number of rotatable bonds is 3.